The minimum atomic E-state index is 0.571. The molecule has 0 fully saturated rings. The van der Waals surface area contributed by atoms with Gasteiger partial charge in [-0.2, -0.15) is 0 Å². The largest absolute Gasteiger partial charge is 0.456 e. The van der Waals surface area contributed by atoms with Crippen molar-refractivity contribution < 1.29 is 4.42 Å². The van der Waals surface area contributed by atoms with Gasteiger partial charge in [0.15, 0.2) is 17.5 Å². The van der Waals surface area contributed by atoms with Crippen LogP contribution < -0.4 is 0 Å². The van der Waals surface area contributed by atoms with Crippen molar-refractivity contribution in [2.75, 3.05) is 0 Å². The van der Waals surface area contributed by atoms with Crippen LogP contribution in [0.4, 0.5) is 0 Å². The highest BCUT2D eigenvalue weighted by molar-refractivity contribution is 6.27. The van der Waals surface area contributed by atoms with Crippen molar-refractivity contribution in [3.05, 3.63) is 218 Å². The highest BCUT2D eigenvalue weighted by Crippen LogP contribution is 2.46. The van der Waals surface area contributed by atoms with Gasteiger partial charge in [-0.3, -0.25) is 0 Å². The summed E-state index contributed by atoms with van der Waals surface area (Å²) in [4.78, 5) is 21.0. The first kappa shape index (κ1) is 36.3. The van der Waals surface area contributed by atoms with Gasteiger partial charge in [-0.1, -0.05) is 182 Å². The van der Waals surface area contributed by atoms with Crippen molar-refractivity contribution in [2.24, 2.45) is 0 Å². The Morgan fingerprint density at radius 2 is 0.714 bits per heavy atom. The Morgan fingerprint density at radius 1 is 0.270 bits per heavy atom. The second-order valence-electron chi connectivity index (χ2n) is 15.8. The first-order valence-corrected chi connectivity index (χ1v) is 21.1. The van der Waals surface area contributed by atoms with E-state index in [4.69, 9.17) is 24.4 Å². The summed E-state index contributed by atoms with van der Waals surface area (Å²) >= 11 is 0. The third-order valence-corrected chi connectivity index (χ3v) is 11.9. The smallest absolute Gasteiger partial charge is 0.164 e. The zero-order valence-corrected chi connectivity index (χ0v) is 34.0. The molecular formula is C58H36N4O. The second kappa shape index (κ2) is 15.2. The summed E-state index contributed by atoms with van der Waals surface area (Å²) in [5.41, 5.74) is 13.7. The minimum absolute atomic E-state index is 0.571. The lowest BCUT2D eigenvalue weighted by molar-refractivity contribution is 0.669. The van der Waals surface area contributed by atoms with E-state index in [1.807, 2.05) is 24.3 Å². The quantitative estimate of drug-likeness (QED) is 0.150. The molecule has 3 aromatic heterocycles. The van der Waals surface area contributed by atoms with Crippen LogP contribution >= 0.6 is 0 Å². The van der Waals surface area contributed by atoms with Crippen LogP contribution in [0.25, 0.3) is 122 Å². The maximum absolute atomic E-state index is 6.65. The molecule has 12 aromatic rings. The summed E-state index contributed by atoms with van der Waals surface area (Å²) in [7, 11) is 0. The van der Waals surface area contributed by atoms with Crippen LogP contribution in [0.3, 0.4) is 0 Å². The number of furan rings is 1. The number of para-hydroxylation sites is 2. The van der Waals surface area contributed by atoms with Gasteiger partial charge in [-0.25, -0.2) is 19.9 Å². The fraction of sp³-hybridized carbons (Fsp3) is 0. The fourth-order valence-corrected chi connectivity index (χ4v) is 8.94. The molecule has 3 heterocycles. The molecule has 5 heteroatoms. The van der Waals surface area contributed by atoms with Gasteiger partial charge in [0.05, 0.1) is 11.2 Å². The van der Waals surface area contributed by atoms with E-state index in [1.165, 1.54) is 0 Å². The Hall–Kier alpha value is -8.54. The molecule has 0 N–H and O–H groups in total. The maximum atomic E-state index is 6.65. The van der Waals surface area contributed by atoms with Gasteiger partial charge in [0.25, 0.3) is 0 Å². The lowest BCUT2D eigenvalue weighted by Crippen LogP contribution is -2.01. The Labute approximate surface area is 363 Å². The van der Waals surface area contributed by atoms with Gasteiger partial charge in [0.1, 0.15) is 11.2 Å². The van der Waals surface area contributed by atoms with Crippen LogP contribution in [0.1, 0.15) is 0 Å². The first-order chi connectivity index (χ1) is 31.2. The highest BCUT2D eigenvalue weighted by Gasteiger charge is 2.22. The summed E-state index contributed by atoms with van der Waals surface area (Å²) < 4.78 is 6.65. The van der Waals surface area contributed by atoms with Crippen molar-refractivity contribution in [1.29, 1.82) is 0 Å². The summed E-state index contributed by atoms with van der Waals surface area (Å²) in [5.74, 6) is 1.76. The van der Waals surface area contributed by atoms with E-state index in [0.29, 0.717) is 17.5 Å². The standard InChI is InChI=1S/C58H36N4O/c1-4-17-37(18-5-1)40-23-14-26-43(33-40)56-60-57(44-27-15-24-41(34-44)38-19-6-2-7-20-38)62-58(61-56)45-28-16-25-42(35-45)55-48-36-51-54(47-30-11-13-32-50(47)63-51)52(39-21-8-3-9-22-39)53(48)46-29-10-12-31-49(46)59-55/h1-36H. The number of benzene rings is 9. The molecule has 0 amide bonds. The molecule has 0 aliphatic rings. The van der Waals surface area contributed by atoms with Crippen molar-refractivity contribution in [3.63, 3.8) is 0 Å². The molecule has 0 aliphatic heterocycles. The van der Waals surface area contributed by atoms with Crippen molar-refractivity contribution in [2.45, 2.75) is 0 Å². The van der Waals surface area contributed by atoms with Crippen molar-refractivity contribution in [1.82, 2.24) is 19.9 Å². The van der Waals surface area contributed by atoms with E-state index in [0.717, 1.165) is 105 Å². The van der Waals surface area contributed by atoms with E-state index in [1.54, 1.807) is 0 Å². The van der Waals surface area contributed by atoms with Crippen molar-refractivity contribution >= 4 is 43.6 Å². The molecule has 0 atom stereocenters. The third-order valence-electron chi connectivity index (χ3n) is 11.9. The molecule has 9 aromatic carbocycles. The number of nitrogens with zero attached hydrogens (tertiary/aromatic N) is 4. The maximum Gasteiger partial charge on any atom is 0.164 e. The molecular weight excluding hydrogens is 769 g/mol. The molecule has 0 saturated heterocycles. The molecule has 0 saturated carbocycles. The molecule has 0 aliphatic carbocycles. The van der Waals surface area contributed by atoms with Crippen LogP contribution in [0, 0.1) is 0 Å². The SMILES string of the molecule is c1ccc(-c2cccc(-c3nc(-c4cccc(-c5ccccc5)c4)nc(-c4cccc(-c5nc6ccccc6c6c(-c7ccccc7)c7c(cc56)oc5ccccc57)c4)n3)c2)cc1. The number of hydrogen-bond donors (Lipinski definition) is 0. The van der Waals surface area contributed by atoms with Gasteiger partial charge < -0.3 is 4.42 Å². The first-order valence-electron chi connectivity index (χ1n) is 21.1. The fourth-order valence-electron chi connectivity index (χ4n) is 8.94. The number of hydrogen-bond acceptors (Lipinski definition) is 5. The molecule has 0 radical (unpaired) electrons. The van der Waals surface area contributed by atoms with E-state index in [9.17, 15) is 0 Å². The summed E-state index contributed by atoms with van der Waals surface area (Å²) in [6.07, 6.45) is 0. The normalized spacial score (nSPS) is 11.5. The number of pyridine rings is 1. The predicted octanol–water partition coefficient (Wildman–Crippen LogP) is 15.1. The Morgan fingerprint density at radius 3 is 1.30 bits per heavy atom. The topological polar surface area (TPSA) is 64.7 Å². The number of aromatic nitrogens is 4. The van der Waals surface area contributed by atoms with E-state index >= 15 is 0 Å². The van der Waals surface area contributed by atoms with Gasteiger partial charge in [0.2, 0.25) is 0 Å². The summed E-state index contributed by atoms with van der Waals surface area (Å²) in [6.45, 7) is 0. The molecule has 0 bridgehead atoms. The van der Waals surface area contributed by atoms with Gasteiger partial charge in [-0.05, 0) is 64.2 Å². The Kier molecular flexibility index (Phi) is 8.75. The van der Waals surface area contributed by atoms with Crippen LogP contribution in [-0.4, -0.2) is 19.9 Å². The van der Waals surface area contributed by atoms with E-state index in [2.05, 4.69) is 194 Å². The zero-order chi connectivity index (χ0) is 41.7. The minimum Gasteiger partial charge on any atom is -0.456 e. The zero-order valence-electron chi connectivity index (χ0n) is 34.0. The molecule has 294 valence electrons. The molecule has 12 rings (SSSR count). The van der Waals surface area contributed by atoms with E-state index in [-0.39, 0.29) is 0 Å². The second-order valence-corrected chi connectivity index (χ2v) is 15.8. The number of fused-ring (bicyclic) bond motifs is 6. The monoisotopic (exact) mass is 804 g/mol. The van der Waals surface area contributed by atoms with Gasteiger partial charge in [0, 0.05) is 54.7 Å². The van der Waals surface area contributed by atoms with Crippen LogP contribution in [0.5, 0.6) is 0 Å². The lowest BCUT2D eigenvalue weighted by atomic mass is 9.89. The van der Waals surface area contributed by atoms with Crippen molar-refractivity contribution in [3.8, 4) is 78.8 Å². The summed E-state index contributed by atoms with van der Waals surface area (Å²) in [6, 6.07) is 75.6. The third kappa shape index (κ3) is 6.51. The molecule has 5 nitrogen and oxygen atoms in total. The molecule has 0 unspecified atom stereocenters. The molecule has 0 spiro atoms. The highest BCUT2D eigenvalue weighted by atomic mass is 16.3. The average molecular weight is 805 g/mol. The van der Waals surface area contributed by atoms with Crippen LogP contribution in [-0.2, 0) is 0 Å². The molecule has 63 heavy (non-hydrogen) atoms. The van der Waals surface area contributed by atoms with E-state index < -0.39 is 0 Å². The lowest BCUT2D eigenvalue weighted by Gasteiger charge is -2.16. The van der Waals surface area contributed by atoms with Crippen LogP contribution in [0.15, 0.2) is 223 Å². The van der Waals surface area contributed by atoms with Gasteiger partial charge >= 0.3 is 0 Å². The number of rotatable bonds is 7. The predicted molar refractivity (Wildman–Crippen MR) is 258 cm³/mol. The Balaban J connectivity index is 1.08. The average Bonchev–Trinajstić information content (AvgIpc) is 3.74. The summed E-state index contributed by atoms with van der Waals surface area (Å²) in [5, 5.41) is 5.40. The van der Waals surface area contributed by atoms with Crippen LogP contribution in [0.2, 0.25) is 0 Å². The van der Waals surface area contributed by atoms with Gasteiger partial charge in [-0.15, -0.1) is 0 Å². The Bertz CT molecular complexity index is 3570.